The number of para-hydroxylation sites is 1. The largest absolute Gasteiger partial charge is 0.478 e. The summed E-state index contributed by atoms with van der Waals surface area (Å²) in [6, 6.07) is 6.75. The molecule has 0 fully saturated rings. The van der Waals surface area contributed by atoms with Gasteiger partial charge < -0.3 is 30.0 Å². The summed E-state index contributed by atoms with van der Waals surface area (Å²) in [5.41, 5.74) is 2.92. The van der Waals surface area contributed by atoms with Crippen LogP contribution in [0.3, 0.4) is 0 Å². The molecule has 0 atom stereocenters. The summed E-state index contributed by atoms with van der Waals surface area (Å²) >= 11 is 0. The van der Waals surface area contributed by atoms with Crippen molar-refractivity contribution in [1.29, 1.82) is 0 Å². The predicted octanol–water partition coefficient (Wildman–Crippen LogP) is 3.78. The number of benzene rings is 1. The lowest BCUT2D eigenvalue weighted by Crippen LogP contribution is -2.08. The van der Waals surface area contributed by atoms with Crippen molar-refractivity contribution in [3.05, 3.63) is 53.1 Å². The van der Waals surface area contributed by atoms with Crippen molar-refractivity contribution in [3.63, 3.8) is 0 Å². The predicted molar refractivity (Wildman–Crippen MR) is 110 cm³/mol. The zero-order valence-corrected chi connectivity index (χ0v) is 17.2. The fraction of sp³-hybridized carbons (Fsp3) is 0.389. The summed E-state index contributed by atoms with van der Waals surface area (Å²) in [6.07, 6.45) is 5.62. The van der Waals surface area contributed by atoms with Crippen molar-refractivity contribution >= 4 is 28.4 Å². The van der Waals surface area contributed by atoms with E-state index in [0.717, 1.165) is 24.0 Å². The number of anilines is 1. The molecule has 1 rings (SSSR count). The van der Waals surface area contributed by atoms with E-state index in [-0.39, 0.29) is 12.0 Å². The van der Waals surface area contributed by atoms with Crippen molar-refractivity contribution in [2.24, 2.45) is 0 Å². The van der Waals surface area contributed by atoms with Crippen molar-refractivity contribution in [2.75, 3.05) is 11.9 Å². The summed E-state index contributed by atoms with van der Waals surface area (Å²) in [4.78, 5) is 47.9. The van der Waals surface area contributed by atoms with E-state index in [1.165, 1.54) is 0 Å². The third kappa shape index (κ3) is 8.93. The van der Waals surface area contributed by atoms with Crippen molar-refractivity contribution in [2.45, 2.75) is 38.5 Å². The molecule has 0 amide bonds. The van der Waals surface area contributed by atoms with Gasteiger partial charge in [-0.25, -0.2) is 4.79 Å². The molecule has 0 aliphatic carbocycles. The Morgan fingerprint density at radius 3 is 2.30 bits per heavy atom. The van der Waals surface area contributed by atoms with Crippen LogP contribution in [0.2, 0.25) is 0 Å². The second kappa shape index (κ2) is 12.2. The van der Waals surface area contributed by atoms with Crippen LogP contribution in [0.5, 0.6) is 0 Å². The molecule has 0 spiro atoms. The third-order valence-electron chi connectivity index (χ3n) is 3.96. The molecule has 0 aliphatic rings. The maximum absolute atomic E-state index is 11.2. The summed E-state index contributed by atoms with van der Waals surface area (Å²) in [7, 11) is -4.74. The van der Waals surface area contributed by atoms with E-state index in [0.29, 0.717) is 12.2 Å². The second-order valence-electron chi connectivity index (χ2n) is 6.20. The van der Waals surface area contributed by atoms with Crippen molar-refractivity contribution in [1.82, 2.24) is 0 Å². The Hall–Kier alpha value is -1.33. The van der Waals surface area contributed by atoms with E-state index in [1.807, 2.05) is 13.8 Å². The lowest BCUT2D eigenvalue weighted by molar-refractivity contribution is 0.0698. The Bertz CT molecular complexity index is 668. The van der Waals surface area contributed by atoms with Gasteiger partial charge in [0.25, 0.3) is 0 Å². The van der Waals surface area contributed by atoms with Crippen LogP contribution < -0.4 is 5.32 Å². The Morgan fingerprint density at radius 2 is 1.70 bits per heavy atom. The molecule has 0 saturated heterocycles. The van der Waals surface area contributed by atoms with Gasteiger partial charge in [0, 0.05) is 12.2 Å². The zero-order valence-electron chi connectivity index (χ0n) is 15.4. The number of nitrogens with one attached hydrogen (secondary N) is 1. The number of carboxylic acid groups (broad SMARTS) is 1. The fourth-order valence-electron chi connectivity index (χ4n) is 2.37. The Balaban J connectivity index is 2.48. The molecule has 0 radical (unpaired) electrons. The van der Waals surface area contributed by atoms with Gasteiger partial charge in [-0.05, 0) is 45.2 Å². The Labute approximate surface area is 161 Å². The standard InChI is InChI=1S/C18H27NO6P2/c1-13(10-11-17(26(22)23)27(24)25)6-5-7-14(2)12-19-16-9-4-3-8-15(16)18(20)21/h3-4,7-10,17,19,22-25H,5-6,11-12H2,1-2H3,(H,20,21)/b13-10+,14-7+. The summed E-state index contributed by atoms with van der Waals surface area (Å²) in [5.74, 6) is -0.970. The molecule has 27 heavy (non-hydrogen) atoms. The van der Waals surface area contributed by atoms with Gasteiger partial charge in [-0.2, -0.15) is 0 Å². The minimum Gasteiger partial charge on any atom is -0.478 e. The van der Waals surface area contributed by atoms with Gasteiger partial charge in [0.2, 0.25) is 0 Å². The van der Waals surface area contributed by atoms with Crippen LogP contribution in [-0.2, 0) is 0 Å². The molecule has 0 unspecified atom stereocenters. The molecule has 0 aliphatic heterocycles. The average Bonchev–Trinajstić information content (AvgIpc) is 2.59. The number of carboxylic acids is 1. The minimum absolute atomic E-state index is 0.222. The number of hydrogen-bond donors (Lipinski definition) is 6. The molecular weight excluding hydrogens is 388 g/mol. The number of rotatable bonds is 11. The number of aromatic carboxylic acids is 1. The van der Waals surface area contributed by atoms with Gasteiger partial charge in [0.15, 0.2) is 16.8 Å². The maximum atomic E-state index is 11.2. The van der Waals surface area contributed by atoms with Crippen LogP contribution in [0.1, 0.15) is 43.5 Å². The SMILES string of the molecule is C/C(=C\CC(P(O)O)P(O)O)CC/C=C(\C)CNc1ccccc1C(=O)O. The molecule has 6 N–H and O–H groups in total. The zero-order chi connectivity index (χ0) is 20.4. The van der Waals surface area contributed by atoms with Gasteiger partial charge in [0.1, 0.15) is 5.40 Å². The Morgan fingerprint density at radius 1 is 1.07 bits per heavy atom. The van der Waals surface area contributed by atoms with Gasteiger partial charge >= 0.3 is 5.97 Å². The molecule has 1 aromatic carbocycles. The monoisotopic (exact) mass is 415 g/mol. The first-order valence-electron chi connectivity index (χ1n) is 8.43. The summed E-state index contributed by atoms with van der Waals surface area (Å²) in [5, 5.41) is 11.4. The van der Waals surface area contributed by atoms with Crippen LogP contribution in [0.15, 0.2) is 47.6 Å². The third-order valence-corrected chi connectivity index (χ3v) is 6.68. The smallest absolute Gasteiger partial charge is 0.337 e. The highest BCUT2D eigenvalue weighted by Gasteiger charge is 2.24. The van der Waals surface area contributed by atoms with Crippen LogP contribution in [0.25, 0.3) is 0 Å². The first-order valence-corrected chi connectivity index (χ1v) is 11.1. The van der Waals surface area contributed by atoms with E-state index < -0.39 is 28.1 Å². The first-order chi connectivity index (χ1) is 12.7. The van der Waals surface area contributed by atoms with Gasteiger partial charge in [0.05, 0.1) is 5.56 Å². The molecule has 0 heterocycles. The van der Waals surface area contributed by atoms with E-state index in [4.69, 9.17) is 0 Å². The molecule has 150 valence electrons. The molecule has 1 aromatic rings. The maximum Gasteiger partial charge on any atom is 0.337 e. The van der Waals surface area contributed by atoms with Gasteiger partial charge in [-0.15, -0.1) is 0 Å². The normalized spacial score (nSPS) is 12.9. The molecule has 0 saturated carbocycles. The van der Waals surface area contributed by atoms with E-state index in [2.05, 4.69) is 11.4 Å². The van der Waals surface area contributed by atoms with E-state index in [1.54, 1.807) is 30.3 Å². The van der Waals surface area contributed by atoms with Crippen LogP contribution >= 0.6 is 16.8 Å². The highest BCUT2D eigenvalue weighted by atomic mass is 31.2. The summed E-state index contributed by atoms with van der Waals surface area (Å²) in [6.45, 7) is 4.41. The molecule has 7 nitrogen and oxygen atoms in total. The minimum atomic E-state index is -2.37. The van der Waals surface area contributed by atoms with Crippen LogP contribution in [0.4, 0.5) is 5.69 Å². The highest BCUT2D eigenvalue weighted by Crippen LogP contribution is 2.51. The Kier molecular flexibility index (Phi) is 10.7. The topological polar surface area (TPSA) is 130 Å². The van der Waals surface area contributed by atoms with Gasteiger partial charge in [-0.3, -0.25) is 0 Å². The van der Waals surface area contributed by atoms with Crippen molar-refractivity contribution in [3.8, 4) is 0 Å². The molecule has 0 bridgehead atoms. The quantitative estimate of drug-likeness (QED) is 0.240. The number of hydrogen-bond acceptors (Lipinski definition) is 6. The van der Waals surface area contributed by atoms with Gasteiger partial charge in [-0.1, -0.05) is 35.4 Å². The van der Waals surface area contributed by atoms with E-state index >= 15 is 0 Å². The lowest BCUT2D eigenvalue weighted by atomic mass is 10.1. The second-order valence-corrected chi connectivity index (χ2v) is 9.14. The average molecular weight is 415 g/mol. The molecule has 9 heteroatoms. The highest BCUT2D eigenvalue weighted by molar-refractivity contribution is 7.64. The van der Waals surface area contributed by atoms with Crippen molar-refractivity contribution < 1.29 is 29.5 Å². The first kappa shape index (κ1) is 23.7. The number of carbonyl (C=O) groups is 1. The van der Waals surface area contributed by atoms with Crippen LogP contribution in [-0.4, -0.2) is 42.6 Å². The van der Waals surface area contributed by atoms with E-state index in [9.17, 15) is 29.5 Å². The lowest BCUT2D eigenvalue weighted by Gasteiger charge is -2.17. The molecule has 0 aromatic heterocycles. The molecular formula is C18H27NO6P2. The van der Waals surface area contributed by atoms with Crippen LogP contribution in [0, 0.1) is 0 Å². The fourth-order valence-corrected chi connectivity index (χ4v) is 3.69. The summed E-state index contributed by atoms with van der Waals surface area (Å²) < 4.78 is 0. The number of allylic oxidation sites excluding steroid dienone is 3.